The van der Waals surface area contributed by atoms with E-state index < -0.39 is 0 Å². The Morgan fingerprint density at radius 3 is 2.77 bits per heavy atom. The van der Waals surface area contributed by atoms with Crippen molar-refractivity contribution in [2.45, 2.75) is 13.5 Å². The molecule has 22 heavy (non-hydrogen) atoms. The number of nitrogens with one attached hydrogen (secondary N) is 2. The van der Waals surface area contributed by atoms with E-state index in [0.717, 1.165) is 21.8 Å². The number of hydrogen-bond donors (Lipinski definition) is 3. The molecule has 0 radical (unpaired) electrons. The number of halogens is 1. The fourth-order valence-electron chi connectivity index (χ4n) is 2.06. The molecule has 0 aliphatic carbocycles. The highest BCUT2D eigenvalue weighted by Crippen LogP contribution is 2.18. The SMILES string of the molecule is Cc1cc(CNc2cccc(C(=O)NCCO)c2)ccc1Cl. The van der Waals surface area contributed by atoms with Gasteiger partial charge in [-0.05, 0) is 42.3 Å². The number of carbonyl (C=O) groups excluding carboxylic acids is 1. The quantitative estimate of drug-likeness (QED) is 0.767. The molecular weight excluding hydrogens is 300 g/mol. The number of hydrogen-bond acceptors (Lipinski definition) is 3. The van der Waals surface area contributed by atoms with Crippen LogP contribution in [0.5, 0.6) is 0 Å². The van der Waals surface area contributed by atoms with E-state index in [1.165, 1.54) is 0 Å². The summed E-state index contributed by atoms with van der Waals surface area (Å²) in [5, 5.41) is 15.4. The lowest BCUT2D eigenvalue weighted by Gasteiger charge is -2.10. The van der Waals surface area contributed by atoms with Gasteiger partial charge >= 0.3 is 0 Å². The Balaban J connectivity index is 2.01. The smallest absolute Gasteiger partial charge is 0.251 e. The first kappa shape index (κ1) is 16.3. The fraction of sp³-hybridized carbons (Fsp3) is 0.235. The maximum atomic E-state index is 11.8. The number of anilines is 1. The van der Waals surface area contributed by atoms with E-state index in [0.29, 0.717) is 12.1 Å². The first-order valence-electron chi connectivity index (χ1n) is 7.08. The van der Waals surface area contributed by atoms with Crippen LogP contribution >= 0.6 is 11.6 Å². The number of aliphatic hydroxyl groups excluding tert-OH is 1. The second kappa shape index (κ2) is 7.82. The average Bonchev–Trinajstić information content (AvgIpc) is 2.54. The van der Waals surface area contributed by atoms with Gasteiger partial charge in [-0.25, -0.2) is 0 Å². The minimum atomic E-state index is -0.194. The molecule has 2 rings (SSSR count). The topological polar surface area (TPSA) is 61.4 Å². The van der Waals surface area contributed by atoms with Crippen molar-refractivity contribution in [3.8, 4) is 0 Å². The zero-order valence-electron chi connectivity index (χ0n) is 12.4. The third-order valence-corrected chi connectivity index (χ3v) is 3.67. The van der Waals surface area contributed by atoms with Gasteiger partial charge in [0.2, 0.25) is 0 Å². The van der Waals surface area contributed by atoms with Gasteiger partial charge in [0.1, 0.15) is 0 Å². The van der Waals surface area contributed by atoms with Gasteiger partial charge in [-0.2, -0.15) is 0 Å². The Hall–Kier alpha value is -2.04. The van der Waals surface area contributed by atoms with Crippen molar-refractivity contribution >= 4 is 23.2 Å². The highest BCUT2D eigenvalue weighted by atomic mass is 35.5. The Morgan fingerprint density at radius 2 is 2.05 bits per heavy atom. The number of carbonyl (C=O) groups is 1. The normalized spacial score (nSPS) is 10.3. The number of aliphatic hydroxyl groups is 1. The summed E-state index contributed by atoms with van der Waals surface area (Å²) < 4.78 is 0. The molecule has 0 unspecified atom stereocenters. The third-order valence-electron chi connectivity index (χ3n) is 3.24. The molecule has 0 saturated heterocycles. The summed E-state index contributed by atoms with van der Waals surface area (Å²) in [5.74, 6) is -0.194. The van der Waals surface area contributed by atoms with Gasteiger partial charge < -0.3 is 15.7 Å². The van der Waals surface area contributed by atoms with Crippen LogP contribution in [0, 0.1) is 6.92 Å². The van der Waals surface area contributed by atoms with E-state index in [1.54, 1.807) is 12.1 Å². The largest absolute Gasteiger partial charge is 0.395 e. The minimum Gasteiger partial charge on any atom is -0.395 e. The van der Waals surface area contributed by atoms with E-state index in [9.17, 15) is 4.79 Å². The van der Waals surface area contributed by atoms with E-state index >= 15 is 0 Å². The van der Waals surface area contributed by atoms with Gasteiger partial charge in [-0.15, -0.1) is 0 Å². The van der Waals surface area contributed by atoms with E-state index in [4.69, 9.17) is 16.7 Å². The third kappa shape index (κ3) is 4.48. The molecule has 5 heteroatoms. The van der Waals surface area contributed by atoms with E-state index in [2.05, 4.69) is 10.6 Å². The van der Waals surface area contributed by atoms with Crippen LogP contribution in [0.25, 0.3) is 0 Å². The van der Waals surface area contributed by atoms with Crippen LogP contribution in [0.2, 0.25) is 5.02 Å². The monoisotopic (exact) mass is 318 g/mol. The number of amides is 1. The number of benzene rings is 2. The van der Waals surface area contributed by atoms with Gasteiger partial charge in [0.15, 0.2) is 0 Å². The van der Waals surface area contributed by atoms with Crippen LogP contribution in [0.1, 0.15) is 21.5 Å². The highest BCUT2D eigenvalue weighted by Gasteiger charge is 2.05. The Kier molecular flexibility index (Phi) is 5.81. The maximum absolute atomic E-state index is 11.8. The molecule has 0 aliphatic rings. The molecule has 0 saturated carbocycles. The molecule has 2 aromatic carbocycles. The zero-order chi connectivity index (χ0) is 15.9. The predicted octanol–water partition coefficient (Wildman–Crippen LogP) is 2.98. The lowest BCUT2D eigenvalue weighted by molar-refractivity contribution is 0.0945. The molecule has 4 nitrogen and oxygen atoms in total. The van der Waals surface area contributed by atoms with E-state index in [1.807, 2.05) is 37.3 Å². The van der Waals surface area contributed by atoms with Gasteiger partial charge in [0.05, 0.1) is 6.61 Å². The zero-order valence-corrected chi connectivity index (χ0v) is 13.2. The van der Waals surface area contributed by atoms with Crippen molar-refractivity contribution in [3.05, 3.63) is 64.2 Å². The Bertz CT molecular complexity index is 659. The van der Waals surface area contributed by atoms with Crippen molar-refractivity contribution in [3.63, 3.8) is 0 Å². The summed E-state index contributed by atoms with van der Waals surface area (Å²) in [6, 6.07) is 13.1. The molecule has 116 valence electrons. The summed E-state index contributed by atoms with van der Waals surface area (Å²) in [7, 11) is 0. The van der Waals surface area contributed by atoms with Gasteiger partial charge in [-0.3, -0.25) is 4.79 Å². The molecule has 0 bridgehead atoms. The van der Waals surface area contributed by atoms with Gasteiger partial charge in [0.25, 0.3) is 5.91 Å². The van der Waals surface area contributed by atoms with Crippen LogP contribution in [0.15, 0.2) is 42.5 Å². The summed E-state index contributed by atoms with van der Waals surface area (Å²) in [6.07, 6.45) is 0. The molecule has 0 aromatic heterocycles. The van der Waals surface area contributed by atoms with E-state index in [-0.39, 0.29) is 19.1 Å². The van der Waals surface area contributed by atoms with Crippen LogP contribution in [-0.2, 0) is 6.54 Å². The summed E-state index contributed by atoms with van der Waals surface area (Å²) >= 11 is 6.01. The summed E-state index contributed by atoms with van der Waals surface area (Å²) in [4.78, 5) is 11.8. The molecule has 3 N–H and O–H groups in total. The second-order valence-corrected chi connectivity index (χ2v) is 5.40. The summed E-state index contributed by atoms with van der Waals surface area (Å²) in [6.45, 7) is 2.80. The first-order valence-corrected chi connectivity index (χ1v) is 7.46. The van der Waals surface area contributed by atoms with Crippen molar-refractivity contribution in [2.24, 2.45) is 0 Å². The molecule has 0 heterocycles. The Labute approximate surface area is 135 Å². The lowest BCUT2D eigenvalue weighted by atomic mass is 10.1. The predicted molar refractivity (Wildman–Crippen MR) is 89.4 cm³/mol. The lowest BCUT2D eigenvalue weighted by Crippen LogP contribution is -2.26. The van der Waals surface area contributed by atoms with Crippen LogP contribution < -0.4 is 10.6 Å². The highest BCUT2D eigenvalue weighted by molar-refractivity contribution is 6.31. The standard InChI is InChI=1S/C17H19ClN2O2/c1-12-9-13(5-6-16(12)18)11-20-15-4-2-3-14(10-15)17(22)19-7-8-21/h2-6,9-10,20-21H,7-8,11H2,1H3,(H,19,22). The number of aryl methyl sites for hydroxylation is 1. The fourth-order valence-corrected chi connectivity index (χ4v) is 2.18. The van der Waals surface area contributed by atoms with Gasteiger partial charge in [0, 0.05) is 29.4 Å². The molecule has 0 fully saturated rings. The second-order valence-electron chi connectivity index (χ2n) is 5.00. The summed E-state index contributed by atoms with van der Waals surface area (Å²) in [5.41, 5.74) is 3.59. The van der Waals surface area contributed by atoms with Gasteiger partial charge in [-0.1, -0.05) is 29.8 Å². The minimum absolute atomic E-state index is 0.0698. The molecule has 0 aliphatic heterocycles. The van der Waals surface area contributed by atoms with Crippen molar-refractivity contribution in [1.82, 2.24) is 5.32 Å². The molecule has 1 amide bonds. The Morgan fingerprint density at radius 1 is 1.23 bits per heavy atom. The van der Waals surface area contributed by atoms with Crippen LogP contribution in [-0.4, -0.2) is 24.2 Å². The van der Waals surface area contributed by atoms with Crippen LogP contribution in [0.4, 0.5) is 5.69 Å². The number of rotatable bonds is 6. The molecule has 0 atom stereocenters. The molecule has 0 spiro atoms. The van der Waals surface area contributed by atoms with Crippen molar-refractivity contribution in [1.29, 1.82) is 0 Å². The molecule has 2 aromatic rings. The first-order chi connectivity index (χ1) is 10.6. The average molecular weight is 319 g/mol. The molecular formula is C17H19ClN2O2. The van der Waals surface area contributed by atoms with Crippen LogP contribution in [0.3, 0.4) is 0 Å². The maximum Gasteiger partial charge on any atom is 0.251 e. The van der Waals surface area contributed by atoms with Crippen molar-refractivity contribution < 1.29 is 9.90 Å². The van der Waals surface area contributed by atoms with Crippen molar-refractivity contribution in [2.75, 3.05) is 18.5 Å².